The lowest BCUT2D eigenvalue weighted by Crippen LogP contribution is -2.34. The molecule has 0 atom stereocenters. The number of carbonyl (C=O) groups is 2. The monoisotopic (exact) mass is 324 g/mol. The van der Waals surface area contributed by atoms with Crippen LogP contribution in [0.2, 0.25) is 0 Å². The van der Waals surface area contributed by atoms with E-state index in [9.17, 15) is 9.59 Å². The highest BCUT2D eigenvalue weighted by atomic mass is 32.2. The molecular weight excluding hydrogens is 308 g/mol. The Kier molecular flexibility index (Phi) is 5.58. The molecule has 2 aromatic rings. The number of hydrogen-bond acceptors (Lipinski definition) is 5. The number of fused-ring (bicyclic) bond motifs is 1. The molecule has 1 heterocycles. The van der Waals surface area contributed by atoms with Gasteiger partial charge in [0.1, 0.15) is 0 Å². The smallest absolute Gasteiger partial charge is 0.305 e. The molecule has 0 spiro atoms. The van der Waals surface area contributed by atoms with Crippen molar-refractivity contribution in [2.45, 2.75) is 17.7 Å². The summed E-state index contributed by atoms with van der Waals surface area (Å²) >= 11 is 2.96. The summed E-state index contributed by atoms with van der Waals surface area (Å²) in [5.74, 6) is -0.657. The normalized spacial score (nSPS) is 10.7. The fourth-order valence-electron chi connectivity index (χ4n) is 1.82. The number of amides is 1. The van der Waals surface area contributed by atoms with E-state index in [0.717, 1.165) is 14.6 Å². The van der Waals surface area contributed by atoms with Crippen LogP contribution < -0.4 is 0 Å². The molecule has 0 aliphatic carbocycles. The number of thiazole rings is 1. The zero-order chi connectivity index (χ0) is 15.2. The minimum atomic E-state index is -0.889. The number of hydrogen-bond donors (Lipinski definition) is 1. The van der Waals surface area contributed by atoms with Gasteiger partial charge in [0, 0.05) is 13.1 Å². The van der Waals surface area contributed by atoms with Gasteiger partial charge in [-0.05, 0) is 19.1 Å². The van der Waals surface area contributed by atoms with Crippen molar-refractivity contribution < 1.29 is 14.7 Å². The zero-order valence-corrected chi connectivity index (χ0v) is 13.2. The van der Waals surface area contributed by atoms with Gasteiger partial charge in [-0.1, -0.05) is 23.9 Å². The van der Waals surface area contributed by atoms with E-state index in [1.807, 2.05) is 31.2 Å². The first-order valence-electron chi connectivity index (χ1n) is 6.58. The van der Waals surface area contributed by atoms with Crippen molar-refractivity contribution >= 4 is 45.2 Å². The summed E-state index contributed by atoms with van der Waals surface area (Å²) in [6.45, 7) is 2.62. The number of carboxylic acids is 1. The Labute approximate surface area is 131 Å². The Hall–Kier alpha value is -1.60. The molecule has 2 rings (SSSR count). The van der Waals surface area contributed by atoms with E-state index >= 15 is 0 Å². The highest BCUT2D eigenvalue weighted by Crippen LogP contribution is 2.29. The summed E-state index contributed by atoms with van der Waals surface area (Å²) in [6.07, 6.45) is -0.0224. The molecule has 0 saturated heterocycles. The number of para-hydroxylation sites is 1. The van der Waals surface area contributed by atoms with Gasteiger partial charge in [-0.2, -0.15) is 0 Å². The summed E-state index contributed by atoms with van der Waals surface area (Å²) in [5, 5.41) is 8.68. The molecule has 0 fully saturated rings. The largest absolute Gasteiger partial charge is 0.481 e. The summed E-state index contributed by atoms with van der Waals surface area (Å²) < 4.78 is 1.96. The second kappa shape index (κ2) is 7.42. The molecule has 0 aliphatic heterocycles. The molecule has 0 saturated carbocycles. The molecule has 0 bridgehead atoms. The summed E-state index contributed by atoms with van der Waals surface area (Å²) in [5.41, 5.74) is 0.940. The van der Waals surface area contributed by atoms with Crippen LogP contribution in [0.1, 0.15) is 13.3 Å². The third-order valence-corrected chi connectivity index (χ3v) is 5.09. The Bertz CT molecular complexity index is 609. The topological polar surface area (TPSA) is 70.5 Å². The van der Waals surface area contributed by atoms with Gasteiger partial charge in [-0.3, -0.25) is 9.59 Å². The van der Waals surface area contributed by atoms with Gasteiger partial charge in [-0.25, -0.2) is 4.98 Å². The van der Waals surface area contributed by atoms with Crippen LogP contribution in [0.25, 0.3) is 10.2 Å². The second-order valence-electron chi connectivity index (χ2n) is 4.35. The highest BCUT2D eigenvalue weighted by Gasteiger charge is 2.14. The minimum Gasteiger partial charge on any atom is -0.481 e. The Morgan fingerprint density at radius 2 is 2.14 bits per heavy atom. The van der Waals surface area contributed by atoms with Gasteiger partial charge < -0.3 is 10.0 Å². The van der Waals surface area contributed by atoms with Gasteiger partial charge in [-0.15, -0.1) is 11.3 Å². The van der Waals surface area contributed by atoms with Crippen LogP contribution in [0.3, 0.4) is 0 Å². The van der Waals surface area contributed by atoms with Gasteiger partial charge in [0.05, 0.1) is 22.4 Å². The number of benzene rings is 1. The van der Waals surface area contributed by atoms with Crippen molar-refractivity contribution in [2.24, 2.45) is 0 Å². The van der Waals surface area contributed by atoms with E-state index in [0.29, 0.717) is 6.54 Å². The SMILES string of the molecule is CCN(CCC(=O)O)C(=O)CSc1nc2ccccc2s1. The van der Waals surface area contributed by atoms with Crippen molar-refractivity contribution in [3.05, 3.63) is 24.3 Å². The van der Waals surface area contributed by atoms with Crippen LogP contribution in [0.5, 0.6) is 0 Å². The maximum Gasteiger partial charge on any atom is 0.305 e. The molecular formula is C14H16N2O3S2. The van der Waals surface area contributed by atoms with Gasteiger partial charge in [0.15, 0.2) is 4.34 Å². The Balaban J connectivity index is 1.91. The van der Waals surface area contributed by atoms with Crippen LogP contribution >= 0.6 is 23.1 Å². The Morgan fingerprint density at radius 3 is 2.81 bits per heavy atom. The quantitative estimate of drug-likeness (QED) is 0.793. The average molecular weight is 324 g/mol. The van der Waals surface area contributed by atoms with E-state index < -0.39 is 5.97 Å². The summed E-state index contributed by atoms with van der Waals surface area (Å²) in [4.78, 5) is 28.7. The molecule has 7 heteroatoms. The van der Waals surface area contributed by atoms with Crippen LogP contribution in [0, 0.1) is 0 Å². The second-order valence-corrected chi connectivity index (χ2v) is 6.61. The average Bonchev–Trinajstić information content (AvgIpc) is 2.88. The van der Waals surface area contributed by atoms with Gasteiger partial charge >= 0.3 is 5.97 Å². The fourth-order valence-corrected chi connectivity index (χ4v) is 3.79. The van der Waals surface area contributed by atoms with Crippen molar-refractivity contribution in [1.29, 1.82) is 0 Å². The van der Waals surface area contributed by atoms with Crippen molar-refractivity contribution in [3.63, 3.8) is 0 Å². The van der Waals surface area contributed by atoms with Crippen LogP contribution in [-0.4, -0.2) is 45.7 Å². The zero-order valence-electron chi connectivity index (χ0n) is 11.6. The van der Waals surface area contributed by atoms with Gasteiger partial charge in [0.2, 0.25) is 5.91 Å². The maximum atomic E-state index is 12.1. The number of rotatable bonds is 7. The lowest BCUT2D eigenvalue weighted by atomic mass is 10.3. The number of carbonyl (C=O) groups excluding carboxylic acids is 1. The van der Waals surface area contributed by atoms with E-state index in [-0.39, 0.29) is 24.6 Å². The molecule has 0 aliphatic rings. The number of aromatic nitrogens is 1. The number of aliphatic carboxylic acids is 1. The third-order valence-electron chi connectivity index (χ3n) is 2.92. The third kappa shape index (κ3) is 4.44. The van der Waals surface area contributed by atoms with E-state index in [1.54, 1.807) is 16.2 Å². The number of nitrogens with zero attached hydrogens (tertiary/aromatic N) is 2. The molecule has 0 unspecified atom stereocenters. The molecule has 5 nitrogen and oxygen atoms in total. The van der Waals surface area contributed by atoms with Crippen LogP contribution in [-0.2, 0) is 9.59 Å². The first-order valence-corrected chi connectivity index (χ1v) is 8.38. The molecule has 1 aromatic carbocycles. The minimum absolute atomic E-state index is 0.0224. The number of carboxylic acid groups (broad SMARTS) is 1. The first-order chi connectivity index (χ1) is 10.1. The lowest BCUT2D eigenvalue weighted by molar-refractivity contribution is -0.138. The lowest BCUT2D eigenvalue weighted by Gasteiger charge is -2.19. The Morgan fingerprint density at radius 1 is 1.38 bits per heavy atom. The summed E-state index contributed by atoms with van der Waals surface area (Å²) in [6, 6.07) is 7.85. The van der Waals surface area contributed by atoms with Gasteiger partial charge in [0.25, 0.3) is 0 Å². The van der Waals surface area contributed by atoms with E-state index in [4.69, 9.17) is 5.11 Å². The van der Waals surface area contributed by atoms with E-state index in [2.05, 4.69) is 4.98 Å². The van der Waals surface area contributed by atoms with Crippen LogP contribution in [0.4, 0.5) is 0 Å². The van der Waals surface area contributed by atoms with Crippen molar-refractivity contribution in [1.82, 2.24) is 9.88 Å². The molecule has 1 amide bonds. The van der Waals surface area contributed by atoms with Crippen LogP contribution in [0.15, 0.2) is 28.6 Å². The first kappa shape index (κ1) is 15.8. The molecule has 1 aromatic heterocycles. The fraction of sp³-hybridized carbons (Fsp3) is 0.357. The van der Waals surface area contributed by atoms with Crippen molar-refractivity contribution in [3.8, 4) is 0 Å². The van der Waals surface area contributed by atoms with E-state index in [1.165, 1.54) is 11.8 Å². The summed E-state index contributed by atoms with van der Waals surface area (Å²) in [7, 11) is 0. The standard InChI is InChI=1S/C14H16N2O3S2/c1-2-16(8-7-13(18)19)12(17)9-20-14-15-10-5-3-4-6-11(10)21-14/h3-6H,2,7-9H2,1H3,(H,18,19). The molecule has 112 valence electrons. The maximum absolute atomic E-state index is 12.1. The predicted octanol–water partition coefficient (Wildman–Crippen LogP) is 2.71. The number of thioether (sulfide) groups is 1. The molecule has 21 heavy (non-hydrogen) atoms. The highest BCUT2D eigenvalue weighted by molar-refractivity contribution is 8.01. The molecule has 0 radical (unpaired) electrons. The molecule has 1 N–H and O–H groups in total. The van der Waals surface area contributed by atoms with Crippen molar-refractivity contribution in [2.75, 3.05) is 18.8 Å². The predicted molar refractivity (Wildman–Crippen MR) is 84.9 cm³/mol.